The van der Waals surface area contributed by atoms with E-state index in [1.165, 1.54) is 147 Å². The van der Waals surface area contributed by atoms with Crippen molar-refractivity contribution in [1.82, 2.24) is 9.13 Å². The fourth-order valence-electron chi connectivity index (χ4n) is 5.85. The number of hydrogen-bond donors (Lipinski definition) is 0. The Morgan fingerprint density at radius 2 is 0.738 bits per heavy atom. The average molecular weight is 801 g/mol. The number of hydrogen-bond acceptors (Lipinski definition) is 0. The summed E-state index contributed by atoms with van der Waals surface area (Å²) in [7, 11) is 0. The molecule has 1 aromatic carbocycles. The van der Waals surface area contributed by atoms with Crippen LogP contribution in [0.15, 0.2) is 49.1 Å². The summed E-state index contributed by atoms with van der Waals surface area (Å²) in [6, 6.07) is 9.02. The quantitative estimate of drug-likeness (QED) is 0.0488. The molecule has 3 aromatic rings. The second-order valence-electron chi connectivity index (χ2n) is 12.1. The smallest absolute Gasteiger partial charge is 0.225 e. The van der Waals surface area contributed by atoms with Crippen molar-refractivity contribution in [2.24, 2.45) is 0 Å². The zero-order valence-electron chi connectivity index (χ0n) is 26.7. The van der Waals surface area contributed by atoms with E-state index in [-0.39, 0.29) is 0 Å². The molecule has 3 rings (SSSR count). The molecular weight excluding hydrogens is 742 g/mol. The van der Waals surface area contributed by atoms with Gasteiger partial charge in [0.15, 0.2) is 0 Å². The average Bonchev–Trinajstić information content (AvgIpc) is 3.56. The molecule has 234 valence electrons. The first-order chi connectivity index (χ1) is 20.7. The highest BCUT2D eigenvalue weighted by atomic mass is 127. The Balaban J connectivity index is 1.38. The van der Waals surface area contributed by atoms with Crippen molar-refractivity contribution >= 4 is 45.2 Å². The summed E-state index contributed by atoms with van der Waals surface area (Å²) in [6.07, 6.45) is 36.6. The van der Waals surface area contributed by atoms with E-state index in [0.717, 1.165) is 13.1 Å². The van der Waals surface area contributed by atoms with Crippen LogP contribution in [0, 0.1) is 7.66 Å². The molecule has 4 nitrogen and oxygen atoms in total. The minimum atomic E-state index is 1.11. The molecule has 0 radical (unpaired) electrons. The molecule has 0 saturated heterocycles. The molecule has 0 aliphatic carbocycles. The van der Waals surface area contributed by atoms with E-state index in [0.29, 0.717) is 0 Å². The summed E-state index contributed by atoms with van der Waals surface area (Å²) < 4.78 is 12.0. The van der Waals surface area contributed by atoms with E-state index in [1.54, 1.807) is 0 Å². The van der Waals surface area contributed by atoms with Gasteiger partial charge in [-0.15, -0.1) is 0 Å². The molecular formula is C36H58I2N4+2. The van der Waals surface area contributed by atoms with Crippen LogP contribution in [0.5, 0.6) is 0 Å². The highest BCUT2D eigenvalue weighted by molar-refractivity contribution is 14.1. The van der Waals surface area contributed by atoms with Gasteiger partial charge >= 0.3 is 7.66 Å². The maximum absolute atomic E-state index is 2.50. The maximum Gasteiger partial charge on any atom is 0.322 e. The molecule has 0 saturated carbocycles. The minimum Gasteiger partial charge on any atom is -0.225 e. The van der Waals surface area contributed by atoms with Crippen molar-refractivity contribution in [2.75, 3.05) is 0 Å². The Morgan fingerprint density at radius 1 is 0.452 bits per heavy atom. The van der Waals surface area contributed by atoms with Crippen LogP contribution < -0.4 is 9.13 Å². The lowest BCUT2D eigenvalue weighted by Crippen LogP contribution is -2.35. The van der Waals surface area contributed by atoms with Crippen molar-refractivity contribution in [2.45, 2.75) is 155 Å². The van der Waals surface area contributed by atoms with Crippen LogP contribution in [0.3, 0.4) is 0 Å². The molecule has 42 heavy (non-hydrogen) atoms. The van der Waals surface area contributed by atoms with Gasteiger partial charge in [0.05, 0.1) is 58.3 Å². The van der Waals surface area contributed by atoms with Gasteiger partial charge in [-0.1, -0.05) is 117 Å². The summed E-state index contributed by atoms with van der Waals surface area (Å²) in [4.78, 5) is 0. The Labute approximate surface area is 285 Å². The van der Waals surface area contributed by atoms with E-state index in [9.17, 15) is 0 Å². The van der Waals surface area contributed by atoms with Crippen LogP contribution in [-0.2, 0) is 13.1 Å². The number of benzene rings is 1. The molecule has 0 unspecified atom stereocenters. The molecule has 0 amide bonds. The number of aryl methyl sites for hydroxylation is 2. The number of rotatable bonds is 24. The van der Waals surface area contributed by atoms with Gasteiger partial charge in [-0.3, -0.25) is 0 Å². The molecule has 0 fully saturated rings. The third kappa shape index (κ3) is 12.6. The monoisotopic (exact) mass is 800 g/mol. The molecule has 0 bridgehead atoms. The lowest BCUT2D eigenvalue weighted by Gasteiger charge is -2.03. The van der Waals surface area contributed by atoms with E-state index < -0.39 is 0 Å². The topological polar surface area (TPSA) is 17.6 Å². The van der Waals surface area contributed by atoms with Crippen molar-refractivity contribution < 1.29 is 9.13 Å². The third-order valence-corrected chi connectivity index (χ3v) is 10.9. The number of unbranched alkanes of at least 4 members (excludes halogenated alkanes) is 18. The van der Waals surface area contributed by atoms with Crippen molar-refractivity contribution in [3.05, 3.63) is 56.7 Å². The van der Waals surface area contributed by atoms with E-state index >= 15 is 0 Å². The summed E-state index contributed by atoms with van der Waals surface area (Å²) in [5.41, 5.74) is 2.45. The lowest BCUT2D eigenvalue weighted by atomic mass is 10.1. The number of aromatic nitrogens is 4. The third-order valence-electron chi connectivity index (χ3n) is 8.57. The van der Waals surface area contributed by atoms with E-state index in [1.807, 2.05) is 0 Å². The van der Waals surface area contributed by atoms with Gasteiger partial charge in [0.1, 0.15) is 36.2 Å². The van der Waals surface area contributed by atoms with Crippen molar-refractivity contribution in [1.29, 1.82) is 0 Å². The van der Waals surface area contributed by atoms with Gasteiger partial charge in [-0.2, -0.15) is 9.13 Å². The maximum atomic E-state index is 2.50. The fourth-order valence-corrected chi connectivity index (χ4v) is 7.53. The molecule has 0 aliphatic rings. The largest absolute Gasteiger partial charge is 0.322 e. The normalized spacial score (nSPS) is 11.5. The summed E-state index contributed by atoms with van der Waals surface area (Å²) in [5.74, 6) is 0. The summed E-state index contributed by atoms with van der Waals surface area (Å²) in [5, 5.41) is 0. The predicted octanol–water partition coefficient (Wildman–Crippen LogP) is 10.9. The van der Waals surface area contributed by atoms with Gasteiger partial charge < -0.3 is 0 Å². The van der Waals surface area contributed by atoms with E-state index in [4.69, 9.17) is 0 Å². The van der Waals surface area contributed by atoms with Crippen LogP contribution in [0.4, 0.5) is 0 Å². The van der Waals surface area contributed by atoms with Gasteiger partial charge in [-0.25, -0.2) is 9.13 Å². The molecule has 0 aliphatic heterocycles. The standard InChI is InChI=1S/C36H58I2N4/c1-3-5-7-9-11-13-15-17-19-21-27-39-29-31-41(35(39)37)33-23-25-34(26-24-33)42-32-30-40(36(42)38)28-22-20-18-16-14-12-10-8-6-4-2/h23-26,29-32H,3-22,27-28H2,1-2H3/q+2. The highest BCUT2D eigenvalue weighted by Gasteiger charge is 2.18. The molecule has 2 aromatic heterocycles. The van der Waals surface area contributed by atoms with Crippen LogP contribution in [0.25, 0.3) is 11.4 Å². The first kappa shape index (κ1) is 35.6. The Kier molecular flexibility index (Phi) is 18.4. The minimum absolute atomic E-state index is 1.11. The Bertz CT molecular complexity index is 1020. The van der Waals surface area contributed by atoms with Crippen LogP contribution in [0.2, 0.25) is 0 Å². The van der Waals surface area contributed by atoms with Gasteiger partial charge in [0, 0.05) is 0 Å². The van der Waals surface area contributed by atoms with Gasteiger partial charge in [0.25, 0.3) is 0 Å². The Morgan fingerprint density at radius 3 is 1.05 bits per heavy atom. The summed E-state index contributed by atoms with van der Waals surface area (Å²) >= 11 is 5.01. The first-order valence-electron chi connectivity index (χ1n) is 17.3. The fraction of sp³-hybridized carbons (Fsp3) is 0.667. The summed E-state index contributed by atoms with van der Waals surface area (Å²) in [6.45, 7) is 6.81. The van der Waals surface area contributed by atoms with Gasteiger partial charge in [-0.05, 0) is 49.9 Å². The van der Waals surface area contributed by atoms with Crippen LogP contribution >= 0.6 is 45.2 Å². The molecule has 0 N–H and O–H groups in total. The zero-order valence-corrected chi connectivity index (χ0v) is 31.0. The molecule has 2 heterocycles. The molecule has 6 heteroatoms. The predicted molar refractivity (Wildman–Crippen MR) is 195 cm³/mol. The number of imidazole rings is 2. The SMILES string of the molecule is CCCCCCCCCCCC[n+]1ccn(-c2ccc(-n3cc[n+](CCCCCCCCCCCC)c3I)cc2)c1I. The van der Waals surface area contributed by atoms with E-state index in [2.05, 4.69) is 126 Å². The van der Waals surface area contributed by atoms with Crippen molar-refractivity contribution in [3.8, 4) is 11.4 Å². The molecule has 0 spiro atoms. The number of nitrogens with zero attached hydrogens (tertiary/aromatic N) is 4. The first-order valence-corrected chi connectivity index (χ1v) is 19.4. The van der Waals surface area contributed by atoms with Gasteiger partial charge in [0.2, 0.25) is 0 Å². The highest BCUT2D eigenvalue weighted by Crippen LogP contribution is 2.18. The number of halogens is 2. The zero-order chi connectivity index (χ0) is 29.8. The van der Waals surface area contributed by atoms with Crippen molar-refractivity contribution in [3.63, 3.8) is 0 Å². The molecule has 0 atom stereocenters. The van der Waals surface area contributed by atoms with Crippen LogP contribution in [0.1, 0.15) is 142 Å². The van der Waals surface area contributed by atoms with Crippen LogP contribution in [-0.4, -0.2) is 9.13 Å². The Hall–Kier alpha value is -0.900. The second kappa shape index (κ2) is 21.7. The second-order valence-corrected chi connectivity index (χ2v) is 14.1. The lowest BCUT2D eigenvalue weighted by molar-refractivity contribution is -0.709.